The summed E-state index contributed by atoms with van der Waals surface area (Å²) in [6, 6.07) is 85.8. The lowest BCUT2D eigenvalue weighted by Crippen LogP contribution is -2.12. The van der Waals surface area contributed by atoms with Gasteiger partial charge in [0.15, 0.2) is 0 Å². The first-order chi connectivity index (χ1) is 28.3. The molecule has 10 aromatic carbocycles. The van der Waals surface area contributed by atoms with Gasteiger partial charge in [0.1, 0.15) is 0 Å². The van der Waals surface area contributed by atoms with E-state index in [-0.39, 0.29) is 0 Å². The van der Waals surface area contributed by atoms with Gasteiger partial charge in [-0.25, -0.2) is 0 Å². The third-order valence-corrected chi connectivity index (χ3v) is 11.1. The highest BCUT2D eigenvalue weighted by molar-refractivity contribution is 6.15. The zero-order chi connectivity index (χ0) is 38.0. The normalized spacial score (nSPS) is 11.2. The molecule has 0 aliphatic heterocycles. The molecule has 0 unspecified atom stereocenters. The maximum absolute atomic E-state index is 2.43. The summed E-state index contributed by atoms with van der Waals surface area (Å²) in [6.07, 6.45) is 0. The van der Waals surface area contributed by atoms with Gasteiger partial charge in [-0.3, -0.25) is 0 Å². The van der Waals surface area contributed by atoms with Gasteiger partial charge in [0.05, 0.1) is 5.69 Å². The molecule has 0 heterocycles. The lowest BCUT2D eigenvalue weighted by Gasteiger charge is -2.30. The summed E-state index contributed by atoms with van der Waals surface area (Å²) in [4.78, 5) is 2.43. The zero-order valence-corrected chi connectivity index (χ0v) is 31.5. The molecule has 0 aliphatic rings. The van der Waals surface area contributed by atoms with Crippen LogP contribution in [0, 0.1) is 0 Å². The van der Waals surface area contributed by atoms with Crippen LogP contribution in [0.4, 0.5) is 17.1 Å². The molecule has 1 nitrogen and oxygen atoms in total. The maximum Gasteiger partial charge on any atom is 0.0546 e. The second-order valence-corrected chi connectivity index (χ2v) is 14.5. The fourth-order valence-electron chi connectivity index (χ4n) is 8.31. The van der Waals surface area contributed by atoms with E-state index in [1.807, 2.05) is 0 Å². The molecule has 0 aliphatic carbocycles. The van der Waals surface area contributed by atoms with Crippen molar-refractivity contribution < 1.29 is 0 Å². The SMILES string of the molecule is c1ccc(-c2ccc(N(c3ccc(-c4ccccc4)cc3)c3cccc(-c4cc5ccccc5c5ccccc45)c3-c3cccc(-c4ccccc4)c3)cc2)cc1. The predicted molar refractivity (Wildman–Crippen MR) is 243 cm³/mol. The van der Waals surface area contributed by atoms with Crippen LogP contribution in [-0.2, 0) is 0 Å². The van der Waals surface area contributed by atoms with Crippen LogP contribution < -0.4 is 4.90 Å². The van der Waals surface area contributed by atoms with Crippen LogP contribution in [0.2, 0.25) is 0 Å². The smallest absolute Gasteiger partial charge is 0.0546 e. The molecule has 0 saturated carbocycles. The van der Waals surface area contributed by atoms with Crippen molar-refractivity contribution in [2.45, 2.75) is 0 Å². The summed E-state index contributed by atoms with van der Waals surface area (Å²) in [5.41, 5.74) is 15.2. The van der Waals surface area contributed by atoms with Crippen molar-refractivity contribution in [1.29, 1.82) is 0 Å². The zero-order valence-electron chi connectivity index (χ0n) is 31.5. The van der Waals surface area contributed by atoms with Crippen molar-refractivity contribution in [3.05, 3.63) is 237 Å². The van der Waals surface area contributed by atoms with Gasteiger partial charge in [0.2, 0.25) is 0 Å². The first-order valence-corrected chi connectivity index (χ1v) is 19.6. The van der Waals surface area contributed by atoms with Crippen molar-refractivity contribution in [1.82, 2.24) is 0 Å². The molecule has 1 heteroatoms. The Balaban J connectivity index is 1.24. The summed E-state index contributed by atoms with van der Waals surface area (Å²) < 4.78 is 0. The quantitative estimate of drug-likeness (QED) is 0.141. The van der Waals surface area contributed by atoms with Gasteiger partial charge in [0, 0.05) is 16.9 Å². The largest absolute Gasteiger partial charge is 0.310 e. The fraction of sp³-hybridized carbons (Fsp3) is 0. The van der Waals surface area contributed by atoms with Crippen LogP contribution in [0.25, 0.3) is 77.2 Å². The molecule has 0 saturated heterocycles. The van der Waals surface area contributed by atoms with E-state index in [9.17, 15) is 0 Å². The molecular formula is C56H39N. The van der Waals surface area contributed by atoms with Crippen LogP contribution in [0.15, 0.2) is 237 Å². The van der Waals surface area contributed by atoms with E-state index in [0.29, 0.717) is 0 Å². The van der Waals surface area contributed by atoms with E-state index in [0.717, 1.165) is 22.6 Å². The molecular weight excluding hydrogens is 687 g/mol. The summed E-state index contributed by atoms with van der Waals surface area (Å²) in [5.74, 6) is 0. The summed E-state index contributed by atoms with van der Waals surface area (Å²) >= 11 is 0. The van der Waals surface area contributed by atoms with Crippen LogP contribution in [0.3, 0.4) is 0 Å². The molecule has 10 rings (SSSR count). The number of anilines is 3. The van der Waals surface area contributed by atoms with Crippen LogP contribution >= 0.6 is 0 Å². The van der Waals surface area contributed by atoms with Crippen molar-refractivity contribution in [3.63, 3.8) is 0 Å². The first-order valence-electron chi connectivity index (χ1n) is 19.6. The van der Waals surface area contributed by atoms with Gasteiger partial charge in [-0.2, -0.15) is 0 Å². The molecule has 0 bridgehead atoms. The van der Waals surface area contributed by atoms with Crippen molar-refractivity contribution >= 4 is 38.6 Å². The molecule has 0 fully saturated rings. The monoisotopic (exact) mass is 725 g/mol. The van der Waals surface area contributed by atoms with Crippen molar-refractivity contribution in [3.8, 4) is 55.6 Å². The number of rotatable bonds is 8. The van der Waals surface area contributed by atoms with E-state index in [2.05, 4.69) is 241 Å². The Morgan fingerprint density at radius 2 is 0.684 bits per heavy atom. The molecule has 57 heavy (non-hydrogen) atoms. The van der Waals surface area contributed by atoms with Crippen LogP contribution in [-0.4, -0.2) is 0 Å². The average Bonchev–Trinajstić information content (AvgIpc) is 3.30. The molecule has 0 aromatic heterocycles. The Kier molecular flexibility index (Phi) is 8.95. The number of benzene rings is 10. The Bertz CT molecular complexity index is 2890. The highest BCUT2D eigenvalue weighted by Crippen LogP contribution is 2.48. The standard InChI is InChI=1S/C56H39N/c1-4-16-40(17-5-1)43-30-34-48(35-31-43)57(49-36-32-44(33-37-49)41-18-6-2-7-19-41)55-29-15-28-53(56(55)47-24-14-23-45(38-47)42-20-8-3-9-21-42)54-39-46-22-10-11-25-50(46)51-26-12-13-27-52(51)54/h1-39H. The highest BCUT2D eigenvalue weighted by Gasteiger charge is 2.23. The highest BCUT2D eigenvalue weighted by atomic mass is 15.1. The third kappa shape index (κ3) is 6.56. The van der Waals surface area contributed by atoms with Gasteiger partial charge in [-0.05, 0) is 114 Å². The molecule has 0 spiro atoms. The van der Waals surface area contributed by atoms with E-state index < -0.39 is 0 Å². The minimum absolute atomic E-state index is 1.09. The van der Waals surface area contributed by atoms with E-state index >= 15 is 0 Å². The molecule has 0 amide bonds. The van der Waals surface area contributed by atoms with Gasteiger partial charge < -0.3 is 4.90 Å². The van der Waals surface area contributed by atoms with Gasteiger partial charge in [-0.15, -0.1) is 0 Å². The first kappa shape index (κ1) is 34.0. The number of hydrogen-bond acceptors (Lipinski definition) is 1. The second kappa shape index (κ2) is 15.0. The Morgan fingerprint density at radius 3 is 1.28 bits per heavy atom. The number of nitrogens with zero attached hydrogens (tertiary/aromatic N) is 1. The minimum atomic E-state index is 1.09. The molecule has 268 valence electrons. The van der Waals surface area contributed by atoms with Crippen molar-refractivity contribution in [2.24, 2.45) is 0 Å². The van der Waals surface area contributed by atoms with Gasteiger partial charge >= 0.3 is 0 Å². The lowest BCUT2D eigenvalue weighted by atomic mass is 9.87. The van der Waals surface area contributed by atoms with Crippen molar-refractivity contribution in [2.75, 3.05) is 4.90 Å². The maximum atomic E-state index is 2.43. The third-order valence-electron chi connectivity index (χ3n) is 11.1. The lowest BCUT2D eigenvalue weighted by molar-refractivity contribution is 1.28. The number of hydrogen-bond donors (Lipinski definition) is 0. The molecule has 0 N–H and O–H groups in total. The van der Waals surface area contributed by atoms with E-state index in [4.69, 9.17) is 0 Å². The topological polar surface area (TPSA) is 3.24 Å². The molecule has 10 aromatic rings. The summed E-state index contributed by atoms with van der Waals surface area (Å²) in [5, 5.41) is 4.98. The van der Waals surface area contributed by atoms with E-state index in [1.165, 1.54) is 71.6 Å². The predicted octanol–water partition coefficient (Wildman–Crippen LogP) is 15.8. The second-order valence-electron chi connectivity index (χ2n) is 14.5. The Morgan fingerprint density at radius 1 is 0.246 bits per heavy atom. The number of fused-ring (bicyclic) bond motifs is 3. The fourth-order valence-corrected chi connectivity index (χ4v) is 8.31. The molecule has 0 radical (unpaired) electrons. The Labute approximate surface area is 334 Å². The minimum Gasteiger partial charge on any atom is -0.310 e. The van der Waals surface area contributed by atoms with E-state index in [1.54, 1.807) is 0 Å². The summed E-state index contributed by atoms with van der Waals surface area (Å²) in [6.45, 7) is 0. The summed E-state index contributed by atoms with van der Waals surface area (Å²) in [7, 11) is 0. The van der Waals surface area contributed by atoms with Crippen LogP contribution in [0.1, 0.15) is 0 Å². The van der Waals surface area contributed by atoms with Crippen LogP contribution in [0.5, 0.6) is 0 Å². The van der Waals surface area contributed by atoms with Gasteiger partial charge in [-0.1, -0.05) is 194 Å². The average molecular weight is 726 g/mol. The Hall–Kier alpha value is -7.48. The van der Waals surface area contributed by atoms with Gasteiger partial charge in [0.25, 0.3) is 0 Å². The molecule has 0 atom stereocenters.